The first kappa shape index (κ1) is 14.1. The Morgan fingerprint density at radius 2 is 2.00 bits per heavy atom. The fourth-order valence-corrected chi connectivity index (χ4v) is 1.59. The number of benzene rings is 1. The zero-order valence-electron chi connectivity index (χ0n) is 8.22. The average Bonchev–Trinajstić information content (AvgIpc) is 2.19. The van der Waals surface area contributed by atoms with Crippen molar-refractivity contribution in [1.82, 2.24) is 0 Å². The molecule has 0 spiro atoms. The zero-order valence-corrected chi connectivity index (χ0v) is 9.73. The Kier molecular flexibility index (Phi) is 4.27. The number of aliphatic carboxylic acids is 1. The molecule has 0 aliphatic rings. The van der Waals surface area contributed by atoms with Gasteiger partial charge in [-0.15, -0.1) is 11.6 Å². The van der Waals surface area contributed by atoms with Crippen LogP contribution >= 0.6 is 23.2 Å². The molecular weight excluding hydrogens is 280 g/mol. The molecular formula is C10H6Cl2F3O2-. The van der Waals surface area contributed by atoms with Gasteiger partial charge in [0.15, 0.2) is 0 Å². The van der Waals surface area contributed by atoms with Gasteiger partial charge in [-0.25, -0.2) is 0 Å². The van der Waals surface area contributed by atoms with Crippen LogP contribution < -0.4 is 5.11 Å². The molecule has 94 valence electrons. The number of carbonyl (C=O) groups is 1. The van der Waals surface area contributed by atoms with Crippen LogP contribution in [-0.4, -0.2) is 11.3 Å². The molecule has 0 radical (unpaired) electrons. The SMILES string of the molecule is O=C([O-])[C@@H](Cl)Cc1ccc(C(F)(F)F)cc1Cl. The van der Waals surface area contributed by atoms with Crippen LogP contribution in [0.2, 0.25) is 5.02 Å². The first-order valence-electron chi connectivity index (χ1n) is 4.42. The van der Waals surface area contributed by atoms with Gasteiger partial charge in [0, 0.05) is 5.02 Å². The topological polar surface area (TPSA) is 40.1 Å². The third-order valence-electron chi connectivity index (χ3n) is 2.04. The smallest absolute Gasteiger partial charge is 0.416 e. The molecule has 1 atom stereocenters. The number of carboxylic acid groups (broad SMARTS) is 1. The van der Waals surface area contributed by atoms with E-state index in [1.54, 1.807) is 0 Å². The predicted molar refractivity (Wildman–Crippen MR) is 54.8 cm³/mol. The van der Waals surface area contributed by atoms with E-state index in [9.17, 15) is 23.1 Å². The summed E-state index contributed by atoms with van der Waals surface area (Å²) in [7, 11) is 0. The molecule has 0 aliphatic carbocycles. The van der Waals surface area contributed by atoms with Crippen LogP contribution in [0.15, 0.2) is 18.2 Å². The van der Waals surface area contributed by atoms with Crippen molar-refractivity contribution in [2.75, 3.05) is 0 Å². The van der Waals surface area contributed by atoms with E-state index in [0.717, 1.165) is 18.2 Å². The van der Waals surface area contributed by atoms with Crippen molar-refractivity contribution in [3.8, 4) is 0 Å². The minimum atomic E-state index is -4.49. The summed E-state index contributed by atoms with van der Waals surface area (Å²) in [5.74, 6) is -1.50. The van der Waals surface area contributed by atoms with Gasteiger partial charge in [-0.05, 0) is 24.1 Å². The van der Waals surface area contributed by atoms with E-state index in [0.29, 0.717) is 0 Å². The van der Waals surface area contributed by atoms with Crippen LogP contribution in [0.5, 0.6) is 0 Å². The number of carbonyl (C=O) groups excluding carboxylic acids is 1. The van der Waals surface area contributed by atoms with Gasteiger partial charge in [0.2, 0.25) is 0 Å². The minimum Gasteiger partial charge on any atom is -0.549 e. The molecule has 1 aromatic rings. The Hall–Kier alpha value is -0.940. The van der Waals surface area contributed by atoms with E-state index in [-0.39, 0.29) is 17.0 Å². The van der Waals surface area contributed by atoms with Crippen LogP contribution in [0.1, 0.15) is 11.1 Å². The van der Waals surface area contributed by atoms with E-state index < -0.39 is 23.1 Å². The van der Waals surface area contributed by atoms with Crippen LogP contribution in [0.25, 0.3) is 0 Å². The highest BCUT2D eigenvalue weighted by molar-refractivity contribution is 6.32. The van der Waals surface area contributed by atoms with E-state index in [4.69, 9.17) is 23.2 Å². The molecule has 1 aromatic carbocycles. The Balaban J connectivity index is 2.95. The fraction of sp³-hybridized carbons (Fsp3) is 0.300. The highest BCUT2D eigenvalue weighted by atomic mass is 35.5. The third-order valence-corrected chi connectivity index (χ3v) is 2.72. The highest BCUT2D eigenvalue weighted by Crippen LogP contribution is 2.32. The van der Waals surface area contributed by atoms with Crippen molar-refractivity contribution in [1.29, 1.82) is 0 Å². The first-order chi connectivity index (χ1) is 7.71. The summed E-state index contributed by atoms with van der Waals surface area (Å²) >= 11 is 11.0. The van der Waals surface area contributed by atoms with Gasteiger partial charge >= 0.3 is 6.18 Å². The second-order valence-corrected chi connectivity index (χ2v) is 4.23. The highest BCUT2D eigenvalue weighted by Gasteiger charge is 2.30. The standard InChI is InChI=1S/C10H7Cl2F3O2/c11-7-4-6(10(13,14)15)2-1-5(7)3-8(12)9(16)17/h1-2,4,8H,3H2,(H,16,17)/p-1/t8-/m0/s1. The number of rotatable bonds is 3. The van der Waals surface area contributed by atoms with Gasteiger partial charge in [0.05, 0.1) is 16.9 Å². The molecule has 17 heavy (non-hydrogen) atoms. The first-order valence-corrected chi connectivity index (χ1v) is 5.24. The summed E-state index contributed by atoms with van der Waals surface area (Å²) in [6.07, 6.45) is -4.68. The van der Waals surface area contributed by atoms with Crippen LogP contribution in [0.3, 0.4) is 0 Å². The van der Waals surface area contributed by atoms with E-state index in [1.807, 2.05) is 0 Å². The quantitative estimate of drug-likeness (QED) is 0.800. The summed E-state index contributed by atoms with van der Waals surface area (Å²) in [6.45, 7) is 0. The molecule has 0 unspecified atom stereocenters. The van der Waals surface area contributed by atoms with Gasteiger partial charge in [0.1, 0.15) is 0 Å². The lowest BCUT2D eigenvalue weighted by Crippen LogP contribution is -2.33. The summed E-state index contributed by atoms with van der Waals surface area (Å²) in [5.41, 5.74) is -0.672. The third kappa shape index (κ3) is 3.78. The number of hydrogen-bond acceptors (Lipinski definition) is 2. The molecule has 1 rings (SSSR count). The van der Waals surface area contributed by atoms with Crippen LogP contribution in [0, 0.1) is 0 Å². The van der Waals surface area contributed by atoms with Crippen LogP contribution in [-0.2, 0) is 17.4 Å². The maximum Gasteiger partial charge on any atom is 0.416 e. The van der Waals surface area contributed by atoms with Gasteiger partial charge in [-0.1, -0.05) is 17.7 Å². The molecule has 0 aliphatic heterocycles. The van der Waals surface area contributed by atoms with Crippen molar-refractivity contribution < 1.29 is 23.1 Å². The predicted octanol–water partition coefficient (Wildman–Crippen LogP) is 2.26. The van der Waals surface area contributed by atoms with Gasteiger partial charge in [-0.3, -0.25) is 0 Å². The summed E-state index contributed by atoms with van der Waals surface area (Å²) in [5, 5.41) is 8.87. The number of hydrogen-bond donors (Lipinski definition) is 0. The summed E-state index contributed by atoms with van der Waals surface area (Å²) < 4.78 is 36.9. The van der Waals surface area contributed by atoms with E-state index in [2.05, 4.69) is 0 Å². The second-order valence-electron chi connectivity index (χ2n) is 3.29. The molecule has 0 bridgehead atoms. The lowest BCUT2D eigenvalue weighted by molar-refractivity contribution is -0.305. The van der Waals surface area contributed by atoms with Crippen molar-refractivity contribution in [2.24, 2.45) is 0 Å². The molecule has 0 aromatic heterocycles. The minimum absolute atomic E-state index is 0.174. The largest absolute Gasteiger partial charge is 0.549 e. The Morgan fingerprint density at radius 3 is 2.41 bits per heavy atom. The fourth-order valence-electron chi connectivity index (χ4n) is 1.17. The summed E-state index contributed by atoms with van der Waals surface area (Å²) in [6, 6.07) is 2.65. The molecule has 0 heterocycles. The zero-order chi connectivity index (χ0) is 13.2. The lowest BCUT2D eigenvalue weighted by Gasteiger charge is -2.13. The van der Waals surface area contributed by atoms with Gasteiger partial charge < -0.3 is 9.90 Å². The maximum absolute atomic E-state index is 12.3. The van der Waals surface area contributed by atoms with Gasteiger partial charge in [-0.2, -0.15) is 13.2 Å². The molecule has 0 amide bonds. The van der Waals surface area contributed by atoms with Gasteiger partial charge in [0.25, 0.3) is 0 Å². The van der Waals surface area contributed by atoms with Crippen molar-refractivity contribution in [2.45, 2.75) is 18.0 Å². The maximum atomic E-state index is 12.3. The van der Waals surface area contributed by atoms with Crippen molar-refractivity contribution in [3.63, 3.8) is 0 Å². The molecule has 0 N–H and O–H groups in total. The molecule has 0 saturated carbocycles. The molecule has 0 fully saturated rings. The van der Waals surface area contributed by atoms with E-state index >= 15 is 0 Å². The number of carboxylic acids is 1. The van der Waals surface area contributed by atoms with Crippen LogP contribution in [0.4, 0.5) is 13.2 Å². The number of halogens is 5. The Labute approximate surface area is 105 Å². The Morgan fingerprint density at radius 1 is 1.41 bits per heavy atom. The molecule has 7 heteroatoms. The lowest BCUT2D eigenvalue weighted by atomic mass is 10.1. The monoisotopic (exact) mass is 285 g/mol. The van der Waals surface area contributed by atoms with Crippen molar-refractivity contribution >= 4 is 29.2 Å². The second kappa shape index (κ2) is 5.14. The summed E-state index contributed by atoms with van der Waals surface area (Å²) in [4.78, 5) is 10.4. The molecule has 0 saturated heterocycles. The average molecular weight is 286 g/mol. The normalized spacial score (nSPS) is 13.5. The number of alkyl halides is 4. The van der Waals surface area contributed by atoms with E-state index in [1.165, 1.54) is 0 Å². The molecule has 2 nitrogen and oxygen atoms in total. The van der Waals surface area contributed by atoms with Crippen molar-refractivity contribution in [3.05, 3.63) is 34.3 Å². The Bertz CT molecular complexity index is 432.